The minimum Gasteiger partial charge on any atom is -0.426 e. The van der Waals surface area contributed by atoms with Crippen LogP contribution in [0.15, 0.2) is 36.4 Å². The molecule has 0 aliphatic rings. The summed E-state index contributed by atoms with van der Waals surface area (Å²) in [5, 5.41) is 2.04. The number of carbonyl (C=O) groups is 1. The first-order valence-corrected chi connectivity index (χ1v) is 4.35. The van der Waals surface area contributed by atoms with Crippen molar-refractivity contribution >= 4 is 16.7 Å². The van der Waals surface area contributed by atoms with Crippen LogP contribution in [0.5, 0.6) is 5.75 Å². The number of ether oxygens (including phenoxy) is 1. The highest BCUT2D eigenvalue weighted by molar-refractivity contribution is 5.83. The first-order chi connectivity index (χ1) is 6.75. The normalized spacial score (nSPS) is 10.1. The van der Waals surface area contributed by atoms with Crippen LogP contribution in [0.2, 0.25) is 0 Å². The molecule has 2 rings (SSSR count). The van der Waals surface area contributed by atoms with Gasteiger partial charge >= 0.3 is 5.97 Å². The lowest BCUT2D eigenvalue weighted by Crippen LogP contribution is -2.00. The van der Waals surface area contributed by atoms with E-state index in [1.165, 1.54) is 6.92 Å². The monoisotopic (exact) mass is 185 g/mol. The Bertz CT molecular complexity index is 474. The molecule has 2 nitrogen and oxygen atoms in total. The molecule has 2 aromatic carbocycles. The summed E-state index contributed by atoms with van der Waals surface area (Å²) in [6.07, 6.45) is 0. The molecular formula is C12H9O2. The Labute approximate surface area is 82.1 Å². The summed E-state index contributed by atoms with van der Waals surface area (Å²) in [7, 11) is 0. The fourth-order valence-electron chi connectivity index (χ4n) is 1.31. The number of esters is 1. The van der Waals surface area contributed by atoms with Crippen LogP contribution in [0.1, 0.15) is 6.92 Å². The quantitative estimate of drug-likeness (QED) is 0.504. The zero-order valence-electron chi connectivity index (χ0n) is 7.78. The molecule has 0 atom stereocenters. The molecule has 0 aromatic heterocycles. The lowest BCUT2D eigenvalue weighted by molar-refractivity contribution is -0.131. The molecule has 0 saturated carbocycles. The smallest absolute Gasteiger partial charge is 0.308 e. The van der Waals surface area contributed by atoms with E-state index in [0.29, 0.717) is 5.75 Å². The Morgan fingerprint density at radius 1 is 1.21 bits per heavy atom. The van der Waals surface area contributed by atoms with Crippen molar-refractivity contribution in [3.8, 4) is 5.75 Å². The van der Waals surface area contributed by atoms with Crippen molar-refractivity contribution in [3.63, 3.8) is 0 Å². The molecule has 0 unspecified atom stereocenters. The van der Waals surface area contributed by atoms with E-state index in [9.17, 15) is 4.79 Å². The second-order valence-corrected chi connectivity index (χ2v) is 3.00. The van der Waals surface area contributed by atoms with Gasteiger partial charge in [-0.15, -0.1) is 0 Å². The lowest BCUT2D eigenvalue weighted by Gasteiger charge is -2.01. The zero-order chi connectivity index (χ0) is 9.97. The Morgan fingerprint density at radius 2 is 2.00 bits per heavy atom. The summed E-state index contributed by atoms with van der Waals surface area (Å²) in [6, 6.07) is 14.5. The van der Waals surface area contributed by atoms with Gasteiger partial charge in [0, 0.05) is 13.0 Å². The van der Waals surface area contributed by atoms with Crippen molar-refractivity contribution in [1.82, 2.24) is 0 Å². The molecule has 0 N–H and O–H groups in total. The average molecular weight is 185 g/mol. The largest absolute Gasteiger partial charge is 0.426 e. The van der Waals surface area contributed by atoms with E-state index in [2.05, 4.69) is 6.07 Å². The van der Waals surface area contributed by atoms with Crippen LogP contribution >= 0.6 is 0 Å². The second-order valence-electron chi connectivity index (χ2n) is 3.00. The maximum absolute atomic E-state index is 10.7. The summed E-state index contributed by atoms with van der Waals surface area (Å²) in [5.74, 6) is 0.146. The highest BCUT2D eigenvalue weighted by atomic mass is 16.5. The van der Waals surface area contributed by atoms with E-state index in [4.69, 9.17) is 4.74 Å². The van der Waals surface area contributed by atoms with Gasteiger partial charge in [0.2, 0.25) is 0 Å². The molecule has 2 aromatic rings. The van der Waals surface area contributed by atoms with Gasteiger partial charge in [0.05, 0.1) is 0 Å². The third kappa shape index (κ3) is 1.74. The molecule has 14 heavy (non-hydrogen) atoms. The highest BCUT2D eigenvalue weighted by Gasteiger charge is 1.99. The number of carbonyl (C=O) groups excluding carboxylic acids is 1. The Kier molecular flexibility index (Phi) is 2.19. The van der Waals surface area contributed by atoms with Crippen LogP contribution in [-0.4, -0.2) is 5.97 Å². The number of hydrogen-bond acceptors (Lipinski definition) is 2. The molecule has 1 radical (unpaired) electrons. The van der Waals surface area contributed by atoms with E-state index in [1.54, 1.807) is 6.07 Å². The van der Waals surface area contributed by atoms with Crippen molar-refractivity contribution in [2.75, 3.05) is 0 Å². The van der Waals surface area contributed by atoms with Gasteiger partial charge in [-0.2, -0.15) is 0 Å². The molecular weight excluding hydrogens is 176 g/mol. The SMILES string of the molecule is CC(=O)Oc1[c]c2ccccc2cc1. The number of benzene rings is 2. The summed E-state index contributed by atoms with van der Waals surface area (Å²) in [6.45, 7) is 1.38. The Morgan fingerprint density at radius 3 is 2.79 bits per heavy atom. The van der Waals surface area contributed by atoms with Crippen molar-refractivity contribution in [2.45, 2.75) is 6.92 Å². The van der Waals surface area contributed by atoms with Crippen molar-refractivity contribution in [2.24, 2.45) is 0 Å². The molecule has 0 aliphatic carbocycles. The van der Waals surface area contributed by atoms with Gasteiger partial charge in [-0.05, 0) is 16.8 Å². The average Bonchev–Trinajstić information content (AvgIpc) is 2.17. The third-order valence-corrected chi connectivity index (χ3v) is 1.89. The van der Waals surface area contributed by atoms with Gasteiger partial charge in [-0.25, -0.2) is 0 Å². The molecule has 0 fully saturated rings. The van der Waals surface area contributed by atoms with Gasteiger partial charge in [-0.1, -0.05) is 30.3 Å². The highest BCUT2D eigenvalue weighted by Crippen LogP contribution is 2.19. The zero-order valence-corrected chi connectivity index (χ0v) is 7.78. The molecule has 0 amide bonds. The lowest BCUT2D eigenvalue weighted by atomic mass is 10.1. The first-order valence-electron chi connectivity index (χ1n) is 4.35. The van der Waals surface area contributed by atoms with Crippen LogP contribution in [0.3, 0.4) is 0 Å². The number of hydrogen-bond donors (Lipinski definition) is 0. The molecule has 69 valence electrons. The molecule has 0 aliphatic heterocycles. The van der Waals surface area contributed by atoms with Crippen molar-refractivity contribution < 1.29 is 9.53 Å². The minimum absolute atomic E-state index is 0.323. The second kappa shape index (κ2) is 3.50. The van der Waals surface area contributed by atoms with Crippen molar-refractivity contribution in [1.29, 1.82) is 0 Å². The summed E-state index contributed by atoms with van der Waals surface area (Å²) >= 11 is 0. The number of rotatable bonds is 1. The predicted octanol–water partition coefficient (Wildman–Crippen LogP) is 2.57. The van der Waals surface area contributed by atoms with Gasteiger partial charge in [0.1, 0.15) is 5.75 Å². The summed E-state index contributed by atoms with van der Waals surface area (Å²) < 4.78 is 4.93. The third-order valence-electron chi connectivity index (χ3n) is 1.89. The molecule has 0 heterocycles. The summed E-state index contributed by atoms with van der Waals surface area (Å²) in [5.41, 5.74) is 0. The topological polar surface area (TPSA) is 26.3 Å². The maximum Gasteiger partial charge on any atom is 0.308 e. The van der Waals surface area contributed by atoms with Crippen LogP contribution in [0.4, 0.5) is 0 Å². The van der Waals surface area contributed by atoms with Crippen LogP contribution in [-0.2, 0) is 4.79 Å². The molecule has 0 saturated heterocycles. The molecule has 0 spiro atoms. The number of fused-ring (bicyclic) bond motifs is 1. The predicted molar refractivity (Wildman–Crippen MR) is 54.1 cm³/mol. The maximum atomic E-state index is 10.7. The Balaban J connectivity index is 2.46. The van der Waals surface area contributed by atoms with E-state index >= 15 is 0 Å². The van der Waals surface area contributed by atoms with E-state index in [-0.39, 0.29) is 5.97 Å². The van der Waals surface area contributed by atoms with Crippen LogP contribution in [0.25, 0.3) is 10.8 Å². The van der Waals surface area contributed by atoms with Crippen LogP contribution < -0.4 is 4.74 Å². The van der Waals surface area contributed by atoms with Crippen molar-refractivity contribution in [3.05, 3.63) is 42.5 Å². The van der Waals surface area contributed by atoms with E-state index < -0.39 is 0 Å². The van der Waals surface area contributed by atoms with Gasteiger partial charge < -0.3 is 4.74 Å². The van der Waals surface area contributed by atoms with Gasteiger partial charge in [0.25, 0.3) is 0 Å². The minimum atomic E-state index is -0.323. The van der Waals surface area contributed by atoms with E-state index in [0.717, 1.165) is 10.8 Å². The fourth-order valence-corrected chi connectivity index (χ4v) is 1.31. The first kappa shape index (κ1) is 8.75. The molecule has 2 heteroatoms. The van der Waals surface area contributed by atoms with E-state index in [1.807, 2.05) is 30.3 Å². The Hall–Kier alpha value is -1.83. The molecule has 0 bridgehead atoms. The van der Waals surface area contributed by atoms with Gasteiger partial charge in [0.15, 0.2) is 0 Å². The summed E-state index contributed by atoms with van der Waals surface area (Å²) in [4.78, 5) is 10.7. The standard InChI is InChI=1S/C12H9O2/c1-9(13)14-12-7-6-10-4-2-3-5-11(10)8-12/h2-7H,1H3. The van der Waals surface area contributed by atoms with Gasteiger partial charge in [-0.3, -0.25) is 4.79 Å². The fraction of sp³-hybridized carbons (Fsp3) is 0.0833. The van der Waals surface area contributed by atoms with Crippen LogP contribution in [0, 0.1) is 6.07 Å².